The van der Waals surface area contributed by atoms with Gasteiger partial charge in [-0.2, -0.15) is 0 Å². The zero-order valence-corrected chi connectivity index (χ0v) is 24.0. The van der Waals surface area contributed by atoms with Crippen LogP contribution in [-0.4, -0.2) is 7.85 Å². The van der Waals surface area contributed by atoms with E-state index in [0.717, 1.165) is 6.42 Å². The van der Waals surface area contributed by atoms with Gasteiger partial charge in [-0.3, -0.25) is 0 Å². The van der Waals surface area contributed by atoms with Crippen LogP contribution in [-0.2, 0) is 21.7 Å². The van der Waals surface area contributed by atoms with Gasteiger partial charge in [-0.1, -0.05) is 148 Å². The Labute approximate surface area is 217 Å². The second-order valence-corrected chi connectivity index (χ2v) is 13.5. The molecule has 0 spiro atoms. The Morgan fingerprint density at radius 2 is 0.657 bits per heavy atom. The third-order valence-electron chi connectivity index (χ3n) is 7.64. The van der Waals surface area contributed by atoms with Gasteiger partial charge in [0.1, 0.15) is 7.85 Å². The summed E-state index contributed by atoms with van der Waals surface area (Å²) >= 11 is 0. The fourth-order valence-electron chi connectivity index (χ4n) is 5.14. The highest BCUT2D eigenvalue weighted by molar-refractivity contribution is 6.08. The lowest BCUT2D eigenvalue weighted by Crippen LogP contribution is -2.30. The van der Waals surface area contributed by atoms with E-state index in [-0.39, 0.29) is 21.7 Å². The van der Waals surface area contributed by atoms with Crippen LogP contribution in [0.2, 0.25) is 6.32 Å². The monoisotopic (exact) mass is 466 g/mol. The van der Waals surface area contributed by atoms with E-state index in [1.807, 2.05) is 0 Å². The van der Waals surface area contributed by atoms with Crippen molar-refractivity contribution in [3.8, 4) is 0 Å². The van der Waals surface area contributed by atoms with Crippen LogP contribution in [0, 0.1) is 0 Å². The van der Waals surface area contributed by atoms with Crippen molar-refractivity contribution >= 4 is 7.85 Å². The highest BCUT2D eigenvalue weighted by Crippen LogP contribution is 2.45. The topological polar surface area (TPSA) is 0 Å². The summed E-state index contributed by atoms with van der Waals surface area (Å²) in [5.41, 5.74) is 8.61. The van der Waals surface area contributed by atoms with Crippen molar-refractivity contribution in [1.29, 1.82) is 0 Å². The summed E-state index contributed by atoms with van der Waals surface area (Å²) in [6, 6.07) is 28.5. The van der Waals surface area contributed by atoms with E-state index in [9.17, 15) is 0 Å². The molecule has 0 aliphatic heterocycles. The molecule has 0 N–H and O–H groups in total. The molecule has 0 atom stereocenters. The Hall–Kier alpha value is -2.28. The second kappa shape index (κ2) is 10.0. The van der Waals surface area contributed by atoms with Gasteiger partial charge in [-0.25, -0.2) is 0 Å². The fourth-order valence-corrected chi connectivity index (χ4v) is 5.14. The molecule has 3 aromatic carbocycles. The average Bonchev–Trinajstić information content (AvgIpc) is 2.79. The largest absolute Gasteiger partial charge is 0.101 e. The van der Waals surface area contributed by atoms with Gasteiger partial charge < -0.3 is 0 Å². The molecule has 0 amide bonds. The summed E-state index contributed by atoms with van der Waals surface area (Å²) < 4.78 is 0. The zero-order chi connectivity index (χ0) is 26.1. The second-order valence-electron chi connectivity index (χ2n) is 13.5. The van der Waals surface area contributed by atoms with Gasteiger partial charge in [0.25, 0.3) is 0 Å². The molecule has 0 aliphatic carbocycles. The molecule has 0 aliphatic rings. The third kappa shape index (κ3) is 5.93. The Morgan fingerprint density at radius 3 is 0.857 bits per heavy atom. The van der Waals surface area contributed by atoms with Gasteiger partial charge in [-0.15, -0.1) is 0 Å². The quantitative estimate of drug-likeness (QED) is 0.252. The third-order valence-corrected chi connectivity index (χ3v) is 7.64. The molecular formula is C34H47B. The highest BCUT2D eigenvalue weighted by Gasteiger charge is 2.36. The first-order valence-electron chi connectivity index (χ1n) is 13.5. The van der Waals surface area contributed by atoms with Gasteiger partial charge >= 0.3 is 0 Å². The summed E-state index contributed by atoms with van der Waals surface area (Å²) in [6.07, 6.45) is 3.47. The van der Waals surface area contributed by atoms with E-state index in [2.05, 4.69) is 143 Å². The molecule has 35 heavy (non-hydrogen) atoms. The Kier molecular flexibility index (Phi) is 7.80. The van der Waals surface area contributed by atoms with Crippen molar-refractivity contribution in [1.82, 2.24) is 0 Å². The molecular weight excluding hydrogens is 419 g/mol. The van der Waals surface area contributed by atoms with Crippen molar-refractivity contribution < 1.29 is 0 Å². The summed E-state index contributed by atoms with van der Waals surface area (Å²) in [5, 5.41) is 0. The maximum Gasteiger partial charge on any atom is 0.101 e. The van der Waals surface area contributed by atoms with Crippen molar-refractivity contribution in [3.05, 3.63) is 106 Å². The lowest BCUT2D eigenvalue weighted by atomic mass is 9.65. The maximum absolute atomic E-state index is 2.39. The van der Waals surface area contributed by atoms with E-state index < -0.39 is 0 Å². The van der Waals surface area contributed by atoms with Crippen LogP contribution in [0.15, 0.2) is 72.8 Å². The van der Waals surface area contributed by atoms with Gasteiger partial charge in [0.15, 0.2) is 0 Å². The van der Waals surface area contributed by atoms with Gasteiger partial charge in [-0.05, 0) is 56.0 Å². The summed E-state index contributed by atoms with van der Waals surface area (Å²) in [4.78, 5) is 0. The fraction of sp³-hybridized carbons (Fsp3) is 0.471. The van der Waals surface area contributed by atoms with E-state index >= 15 is 0 Å². The van der Waals surface area contributed by atoms with Gasteiger partial charge in [0.05, 0.1) is 0 Å². The van der Waals surface area contributed by atoms with E-state index in [1.165, 1.54) is 46.1 Å². The summed E-state index contributed by atoms with van der Waals surface area (Å²) in [6.45, 7) is 20.6. The molecule has 1 heteroatoms. The molecule has 0 bridgehead atoms. The summed E-state index contributed by atoms with van der Waals surface area (Å²) in [7, 11) is 2.30. The lowest BCUT2D eigenvalue weighted by Gasteiger charge is -2.37. The normalized spacial score (nSPS) is 13.2. The Bertz CT molecular complexity index is 941. The SMILES string of the molecule is BCCCC(c1ccc(C(C)(C)C)cc1)(c1ccc(C(C)(C)C)cc1)c1ccc(C(C)(C)C)cc1. The molecule has 0 nitrogen and oxygen atoms in total. The van der Waals surface area contributed by atoms with Crippen molar-refractivity contribution in [3.63, 3.8) is 0 Å². The lowest BCUT2D eigenvalue weighted by molar-refractivity contribution is 0.542. The van der Waals surface area contributed by atoms with Crippen LogP contribution < -0.4 is 0 Å². The standard InChI is InChI=1S/C34H47B/c1-31(2,3)25-11-17-28(18-12-25)34(23-10-24-35,29-19-13-26(14-20-29)32(4,5)6)30-21-15-27(16-22-30)33(7,8)9/h11-22H,10,23-24,35H2,1-9H3. The number of benzene rings is 3. The van der Waals surface area contributed by atoms with Crippen molar-refractivity contribution in [2.75, 3.05) is 0 Å². The molecule has 0 unspecified atom stereocenters. The first-order chi connectivity index (χ1) is 16.2. The Morgan fingerprint density at radius 1 is 0.429 bits per heavy atom. The van der Waals surface area contributed by atoms with E-state index in [1.54, 1.807) is 0 Å². The smallest absolute Gasteiger partial charge is 0.0810 e. The molecule has 0 saturated carbocycles. The minimum Gasteiger partial charge on any atom is -0.0810 e. The van der Waals surface area contributed by atoms with Crippen LogP contribution in [0.3, 0.4) is 0 Å². The average molecular weight is 467 g/mol. The molecule has 186 valence electrons. The van der Waals surface area contributed by atoms with Gasteiger partial charge in [0, 0.05) is 5.41 Å². The maximum atomic E-state index is 2.39. The molecule has 0 fully saturated rings. The van der Waals surface area contributed by atoms with Gasteiger partial charge in [0.2, 0.25) is 0 Å². The molecule has 0 radical (unpaired) electrons. The summed E-state index contributed by atoms with van der Waals surface area (Å²) in [5.74, 6) is 0. The predicted molar refractivity (Wildman–Crippen MR) is 158 cm³/mol. The molecule has 3 aromatic rings. The van der Waals surface area contributed by atoms with Crippen molar-refractivity contribution in [2.45, 2.75) is 103 Å². The number of rotatable bonds is 6. The highest BCUT2D eigenvalue weighted by atomic mass is 14.4. The van der Waals surface area contributed by atoms with Crippen LogP contribution >= 0.6 is 0 Å². The molecule has 0 heterocycles. The minimum absolute atomic E-state index is 0.146. The van der Waals surface area contributed by atoms with Crippen LogP contribution in [0.25, 0.3) is 0 Å². The number of hydrogen-bond acceptors (Lipinski definition) is 0. The first kappa shape index (κ1) is 27.3. The van der Waals surface area contributed by atoms with E-state index in [4.69, 9.17) is 0 Å². The molecule has 0 aromatic heterocycles. The van der Waals surface area contributed by atoms with E-state index in [0.29, 0.717) is 0 Å². The van der Waals surface area contributed by atoms with Crippen LogP contribution in [0.5, 0.6) is 0 Å². The van der Waals surface area contributed by atoms with Crippen LogP contribution in [0.1, 0.15) is 109 Å². The molecule has 0 saturated heterocycles. The van der Waals surface area contributed by atoms with Crippen LogP contribution in [0.4, 0.5) is 0 Å². The number of hydrogen-bond donors (Lipinski definition) is 0. The zero-order valence-electron chi connectivity index (χ0n) is 24.0. The minimum atomic E-state index is -0.167. The molecule has 3 rings (SSSR count). The van der Waals surface area contributed by atoms with Crippen molar-refractivity contribution in [2.24, 2.45) is 0 Å². The Balaban J connectivity index is 2.27. The predicted octanol–water partition coefficient (Wildman–Crippen LogP) is 8.75. The first-order valence-corrected chi connectivity index (χ1v) is 13.5.